The van der Waals surface area contributed by atoms with Crippen molar-refractivity contribution in [1.29, 1.82) is 0 Å². The summed E-state index contributed by atoms with van der Waals surface area (Å²) < 4.78 is 6.50. The smallest absolute Gasteiger partial charge is 0.325 e. The van der Waals surface area contributed by atoms with Crippen molar-refractivity contribution in [3.05, 3.63) is 29.3 Å². The molecule has 0 amide bonds. The van der Waals surface area contributed by atoms with Gasteiger partial charge in [-0.1, -0.05) is 23.0 Å². The lowest BCUT2D eigenvalue weighted by molar-refractivity contribution is -0.138. The minimum absolute atomic E-state index is 0.269. The van der Waals surface area contributed by atoms with Gasteiger partial charge in [-0.25, -0.2) is 4.68 Å². The summed E-state index contributed by atoms with van der Waals surface area (Å²) in [6, 6.07) is 5.75. The second-order valence-corrected chi connectivity index (χ2v) is 5.85. The number of tetrazole rings is 1. The predicted molar refractivity (Wildman–Crippen MR) is 74.8 cm³/mol. The maximum Gasteiger partial charge on any atom is 0.325 e. The van der Waals surface area contributed by atoms with Crippen LogP contribution in [0.15, 0.2) is 33.3 Å². The van der Waals surface area contributed by atoms with E-state index in [4.69, 9.17) is 9.63 Å². The van der Waals surface area contributed by atoms with Gasteiger partial charge in [0.2, 0.25) is 5.16 Å². The molecule has 0 atom stereocenters. The van der Waals surface area contributed by atoms with E-state index >= 15 is 0 Å². The van der Waals surface area contributed by atoms with Crippen molar-refractivity contribution in [3.8, 4) is 10.6 Å². The van der Waals surface area contributed by atoms with Gasteiger partial charge in [0, 0.05) is 11.8 Å². The van der Waals surface area contributed by atoms with E-state index in [1.807, 2.05) is 23.6 Å². The zero-order valence-electron chi connectivity index (χ0n) is 10.5. The Balaban J connectivity index is 1.66. The van der Waals surface area contributed by atoms with E-state index in [1.165, 1.54) is 16.4 Å². The Morgan fingerprint density at radius 1 is 1.52 bits per heavy atom. The van der Waals surface area contributed by atoms with Crippen LogP contribution in [0.4, 0.5) is 0 Å². The fraction of sp³-hybridized carbons (Fsp3) is 0.182. The summed E-state index contributed by atoms with van der Waals surface area (Å²) in [5.41, 5.74) is 0.744. The highest BCUT2D eigenvalue weighted by Crippen LogP contribution is 2.27. The van der Waals surface area contributed by atoms with Crippen LogP contribution in [0.1, 0.15) is 5.69 Å². The Kier molecular flexibility index (Phi) is 3.97. The van der Waals surface area contributed by atoms with Gasteiger partial charge in [-0.15, -0.1) is 16.4 Å². The van der Waals surface area contributed by atoms with Crippen LogP contribution < -0.4 is 0 Å². The first kappa shape index (κ1) is 13.8. The van der Waals surface area contributed by atoms with Gasteiger partial charge in [0.1, 0.15) is 6.54 Å². The van der Waals surface area contributed by atoms with Gasteiger partial charge in [-0.05, 0) is 21.9 Å². The second-order valence-electron chi connectivity index (χ2n) is 3.96. The van der Waals surface area contributed by atoms with Crippen LogP contribution in [0.2, 0.25) is 0 Å². The Morgan fingerprint density at radius 2 is 2.43 bits per heavy atom. The fourth-order valence-electron chi connectivity index (χ4n) is 1.58. The molecule has 0 spiro atoms. The SMILES string of the molecule is O=C(O)Cn1nnnc1SCc1cc(-c2cccs2)on1. The normalized spacial score (nSPS) is 10.9. The lowest BCUT2D eigenvalue weighted by Gasteiger charge is -1.98. The van der Waals surface area contributed by atoms with Crippen molar-refractivity contribution in [2.45, 2.75) is 17.5 Å². The van der Waals surface area contributed by atoms with E-state index in [-0.39, 0.29) is 6.54 Å². The van der Waals surface area contributed by atoms with E-state index in [9.17, 15) is 4.79 Å². The molecule has 0 fully saturated rings. The Bertz CT molecular complexity index is 737. The van der Waals surface area contributed by atoms with Gasteiger partial charge in [-0.2, -0.15) is 0 Å². The van der Waals surface area contributed by atoms with E-state index in [2.05, 4.69) is 20.7 Å². The number of carboxylic acids is 1. The zero-order valence-corrected chi connectivity index (χ0v) is 12.2. The molecular formula is C11H9N5O3S2. The molecule has 3 rings (SSSR count). The summed E-state index contributed by atoms with van der Waals surface area (Å²) in [5, 5.41) is 26.0. The molecule has 21 heavy (non-hydrogen) atoms. The first-order valence-corrected chi connectivity index (χ1v) is 7.69. The van der Waals surface area contributed by atoms with Crippen molar-refractivity contribution in [3.63, 3.8) is 0 Å². The molecule has 3 aromatic heterocycles. The molecule has 0 aliphatic heterocycles. The molecule has 0 unspecified atom stereocenters. The standard InChI is InChI=1S/C11H9N5O3S2/c17-10(18)5-16-11(12-14-15-16)21-6-7-4-8(19-13-7)9-2-1-3-20-9/h1-4H,5-6H2,(H,17,18). The van der Waals surface area contributed by atoms with E-state index in [0.29, 0.717) is 16.7 Å². The summed E-state index contributed by atoms with van der Waals surface area (Å²) in [6.45, 7) is -0.269. The molecule has 0 aromatic carbocycles. The summed E-state index contributed by atoms with van der Waals surface area (Å²) in [6.07, 6.45) is 0. The van der Waals surface area contributed by atoms with Gasteiger partial charge < -0.3 is 9.63 Å². The van der Waals surface area contributed by atoms with E-state index < -0.39 is 5.97 Å². The summed E-state index contributed by atoms with van der Waals surface area (Å²) in [7, 11) is 0. The fourth-order valence-corrected chi connectivity index (χ4v) is 3.01. The van der Waals surface area contributed by atoms with Gasteiger partial charge in [0.25, 0.3) is 0 Å². The number of hydrogen-bond acceptors (Lipinski definition) is 8. The van der Waals surface area contributed by atoms with Crippen molar-refractivity contribution in [2.24, 2.45) is 0 Å². The number of carboxylic acid groups (broad SMARTS) is 1. The topological polar surface area (TPSA) is 107 Å². The predicted octanol–water partition coefficient (Wildman–Crippen LogP) is 1.77. The van der Waals surface area contributed by atoms with Crippen LogP contribution in [0.25, 0.3) is 10.6 Å². The molecule has 1 N–H and O–H groups in total. The van der Waals surface area contributed by atoms with E-state index in [1.54, 1.807) is 11.3 Å². The number of thioether (sulfide) groups is 1. The minimum Gasteiger partial charge on any atom is -0.480 e. The highest BCUT2D eigenvalue weighted by atomic mass is 32.2. The summed E-state index contributed by atoms with van der Waals surface area (Å²) in [5.74, 6) is 0.214. The number of aromatic nitrogens is 5. The van der Waals surface area contributed by atoms with E-state index in [0.717, 1.165) is 10.6 Å². The molecule has 0 saturated heterocycles. The van der Waals surface area contributed by atoms with Gasteiger partial charge >= 0.3 is 5.97 Å². The molecule has 108 valence electrons. The van der Waals surface area contributed by atoms with Crippen LogP contribution in [0, 0.1) is 0 Å². The van der Waals surface area contributed by atoms with Crippen LogP contribution in [0.3, 0.4) is 0 Å². The molecule has 0 radical (unpaired) electrons. The lowest BCUT2D eigenvalue weighted by Crippen LogP contribution is -2.11. The number of aliphatic carboxylic acids is 1. The number of thiophene rings is 1. The van der Waals surface area contributed by atoms with Crippen LogP contribution in [-0.2, 0) is 17.1 Å². The Labute approximate surface area is 126 Å². The number of hydrogen-bond donors (Lipinski definition) is 1. The molecule has 10 heteroatoms. The molecule has 0 aliphatic carbocycles. The van der Waals surface area contributed by atoms with Gasteiger partial charge in [0.15, 0.2) is 5.76 Å². The molecule has 3 heterocycles. The average Bonchev–Trinajstić information content (AvgIpc) is 3.17. The quantitative estimate of drug-likeness (QED) is 0.684. The number of rotatable bonds is 6. The lowest BCUT2D eigenvalue weighted by atomic mass is 10.3. The molecule has 0 aliphatic rings. The first-order chi connectivity index (χ1) is 10.2. The van der Waals surface area contributed by atoms with Crippen LogP contribution in [0.5, 0.6) is 0 Å². The maximum atomic E-state index is 10.7. The molecule has 0 saturated carbocycles. The minimum atomic E-state index is -0.995. The monoisotopic (exact) mass is 323 g/mol. The third-order valence-electron chi connectivity index (χ3n) is 2.46. The summed E-state index contributed by atoms with van der Waals surface area (Å²) >= 11 is 2.88. The Hall–Kier alpha value is -2.20. The number of carbonyl (C=O) groups is 1. The molecular weight excluding hydrogens is 314 g/mol. The largest absolute Gasteiger partial charge is 0.480 e. The summed E-state index contributed by atoms with van der Waals surface area (Å²) in [4.78, 5) is 11.7. The van der Waals surface area contributed by atoms with Gasteiger partial charge in [-0.3, -0.25) is 4.79 Å². The zero-order chi connectivity index (χ0) is 14.7. The molecule has 3 aromatic rings. The van der Waals surface area contributed by atoms with Gasteiger partial charge in [0.05, 0.1) is 10.6 Å². The van der Waals surface area contributed by atoms with Crippen LogP contribution >= 0.6 is 23.1 Å². The van der Waals surface area contributed by atoms with Crippen molar-refractivity contribution in [1.82, 2.24) is 25.4 Å². The van der Waals surface area contributed by atoms with Crippen molar-refractivity contribution in [2.75, 3.05) is 0 Å². The van der Waals surface area contributed by atoms with Crippen molar-refractivity contribution >= 4 is 29.1 Å². The molecule has 0 bridgehead atoms. The maximum absolute atomic E-state index is 10.7. The second kappa shape index (κ2) is 6.06. The number of nitrogens with zero attached hydrogens (tertiary/aromatic N) is 5. The van der Waals surface area contributed by atoms with Crippen LogP contribution in [-0.4, -0.2) is 36.4 Å². The third kappa shape index (κ3) is 3.28. The third-order valence-corrected chi connectivity index (χ3v) is 4.33. The Morgan fingerprint density at radius 3 is 3.19 bits per heavy atom. The highest BCUT2D eigenvalue weighted by Gasteiger charge is 2.12. The highest BCUT2D eigenvalue weighted by molar-refractivity contribution is 7.98. The first-order valence-electron chi connectivity index (χ1n) is 5.82. The molecule has 8 nitrogen and oxygen atoms in total. The van der Waals surface area contributed by atoms with Crippen molar-refractivity contribution < 1.29 is 14.4 Å². The average molecular weight is 323 g/mol.